The SMILES string of the molecule is CCCN(CC1CC1)C(=O)c1cc2cc(C)ccc2nc1C. The van der Waals surface area contributed by atoms with Gasteiger partial charge < -0.3 is 4.90 Å². The molecule has 0 unspecified atom stereocenters. The highest BCUT2D eigenvalue weighted by Crippen LogP contribution is 2.30. The maximum atomic E-state index is 12.9. The van der Waals surface area contributed by atoms with Crippen molar-refractivity contribution >= 4 is 16.8 Å². The highest BCUT2D eigenvalue weighted by Gasteiger charge is 2.27. The van der Waals surface area contributed by atoms with E-state index in [9.17, 15) is 4.79 Å². The molecule has 22 heavy (non-hydrogen) atoms. The van der Waals surface area contributed by atoms with Crippen molar-refractivity contribution in [1.82, 2.24) is 9.88 Å². The van der Waals surface area contributed by atoms with Crippen LogP contribution in [0, 0.1) is 19.8 Å². The average molecular weight is 296 g/mol. The normalized spacial score (nSPS) is 14.3. The number of carbonyl (C=O) groups excluding carboxylic acids is 1. The van der Waals surface area contributed by atoms with E-state index >= 15 is 0 Å². The lowest BCUT2D eigenvalue weighted by Crippen LogP contribution is -2.34. The molecular formula is C19H24N2O. The van der Waals surface area contributed by atoms with Crippen LogP contribution in [0.2, 0.25) is 0 Å². The zero-order valence-corrected chi connectivity index (χ0v) is 13.7. The smallest absolute Gasteiger partial charge is 0.255 e. The second-order valence-corrected chi connectivity index (χ2v) is 6.51. The van der Waals surface area contributed by atoms with Gasteiger partial charge in [0, 0.05) is 18.5 Å². The van der Waals surface area contributed by atoms with Crippen LogP contribution >= 0.6 is 0 Å². The van der Waals surface area contributed by atoms with E-state index in [-0.39, 0.29) is 5.91 Å². The van der Waals surface area contributed by atoms with E-state index in [2.05, 4.69) is 31.0 Å². The summed E-state index contributed by atoms with van der Waals surface area (Å²) in [5.41, 5.74) is 3.74. The van der Waals surface area contributed by atoms with Crippen LogP contribution in [0.25, 0.3) is 10.9 Å². The van der Waals surface area contributed by atoms with Crippen molar-refractivity contribution in [3.8, 4) is 0 Å². The molecule has 0 spiro atoms. The zero-order valence-electron chi connectivity index (χ0n) is 13.7. The summed E-state index contributed by atoms with van der Waals surface area (Å²) in [4.78, 5) is 19.6. The van der Waals surface area contributed by atoms with E-state index in [1.54, 1.807) is 0 Å². The fourth-order valence-corrected chi connectivity index (χ4v) is 2.94. The summed E-state index contributed by atoms with van der Waals surface area (Å²) in [6.45, 7) is 7.87. The van der Waals surface area contributed by atoms with Crippen LogP contribution in [0.4, 0.5) is 0 Å². The number of carbonyl (C=O) groups is 1. The number of aromatic nitrogens is 1. The van der Waals surface area contributed by atoms with Gasteiger partial charge in [-0.05, 0) is 57.2 Å². The maximum Gasteiger partial charge on any atom is 0.255 e. The first-order valence-electron chi connectivity index (χ1n) is 8.25. The number of pyridine rings is 1. The van der Waals surface area contributed by atoms with Gasteiger partial charge in [0.2, 0.25) is 0 Å². The van der Waals surface area contributed by atoms with Gasteiger partial charge in [0.15, 0.2) is 0 Å². The first-order chi connectivity index (χ1) is 10.6. The van der Waals surface area contributed by atoms with Crippen LogP contribution in [0.1, 0.15) is 47.8 Å². The van der Waals surface area contributed by atoms with Gasteiger partial charge in [0.05, 0.1) is 16.8 Å². The molecule has 1 aliphatic carbocycles. The topological polar surface area (TPSA) is 33.2 Å². The Kier molecular flexibility index (Phi) is 4.14. The van der Waals surface area contributed by atoms with Gasteiger partial charge in [0.25, 0.3) is 5.91 Å². The summed E-state index contributed by atoms with van der Waals surface area (Å²) in [7, 11) is 0. The molecule has 1 fully saturated rings. The van der Waals surface area contributed by atoms with Crippen LogP contribution in [-0.4, -0.2) is 28.9 Å². The van der Waals surface area contributed by atoms with E-state index in [1.165, 1.54) is 18.4 Å². The van der Waals surface area contributed by atoms with E-state index in [0.29, 0.717) is 5.92 Å². The Bertz CT molecular complexity index is 704. The summed E-state index contributed by atoms with van der Waals surface area (Å²) < 4.78 is 0. The van der Waals surface area contributed by atoms with Crippen molar-refractivity contribution in [3.63, 3.8) is 0 Å². The third-order valence-corrected chi connectivity index (χ3v) is 4.35. The highest BCUT2D eigenvalue weighted by atomic mass is 16.2. The lowest BCUT2D eigenvalue weighted by Gasteiger charge is -2.23. The Morgan fingerprint density at radius 1 is 1.27 bits per heavy atom. The van der Waals surface area contributed by atoms with Crippen molar-refractivity contribution in [2.45, 2.75) is 40.0 Å². The standard InChI is InChI=1S/C19H24N2O/c1-4-9-21(12-15-6-7-15)19(22)17-11-16-10-13(2)5-8-18(16)20-14(17)3/h5,8,10-11,15H,4,6-7,9,12H2,1-3H3. The lowest BCUT2D eigenvalue weighted by molar-refractivity contribution is 0.0746. The van der Waals surface area contributed by atoms with Gasteiger partial charge in [-0.2, -0.15) is 0 Å². The van der Waals surface area contributed by atoms with E-state index < -0.39 is 0 Å². The molecule has 0 N–H and O–H groups in total. The second-order valence-electron chi connectivity index (χ2n) is 6.51. The minimum atomic E-state index is 0.141. The molecule has 1 heterocycles. The summed E-state index contributed by atoms with van der Waals surface area (Å²) in [6, 6.07) is 8.21. The lowest BCUT2D eigenvalue weighted by atomic mass is 10.1. The molecule has 3 nitrogen and oxygen atoms in total. The third kappa shape index (κ3) is 3.13. The van der Waals surface area contributed by atoms with Crippen molar-refractivity contribution in [1.29, 1.82) is 0 Å². The van der Waals surface area contributed by atoms with Crippen LogP contribution in [0.5, 0.6) is 0 Å². The number of nitrogens with zero attached hydrogens (tertiary/aromatic N) is 2. The molecule has 1 saturated carbocycles. The largest absolute Gasteiger partial charge is 0.338 e. The summed E-state index contributed by atoms with van der Waals surface area (Å²) in [6.07, 6.45) is 3.53. The molecule has 1 aromatic heterocycles. The first-order valence-corrected chi connectivity index (χ1v) is 8.25. The van der Waals surface area contributed by atoms with E-state index in [0.717, 1.165) is 41.7 Å². The number of fused-ring (bicyclic) bond motifs is 1. The van der Waals surface area contributed by atoms with Gasteiger partial charge in [-0.3, -0.25) is 9.78 Å². The minimum absolute atomic E-state index is 0.141. The van der Waals surface area contributed by atoms with Gasteiger partial charge >= 0.3 is 0 Å². The summed E-state index contributed by atoms with van der Waals surface area (Å²) >= 11 is 0. The molecular weight excluding hydrogens is 272 g/mol. The van der Waals surface area contributed by atoms with E-state index in [1.807, 2.05) is 24.0 Å². The zero-order chi connectivity index (χ0) is 15.7. The van der Waals surface area contributed by atoms with Crippen LogP contribution < -0.4 is 0 Å². The molecule has 1 aliphatic rings. The van der Waals surface area contributed by atoms with Crippen molar-refractivity contribution < 1.29 is 4.79 Å². The molecule has 0 atom stereocenters. The first kappa shape index (κ1) is 15.0. The molecule has 3 rings (SSSR count). The second kappa shape index (κ2) is 6.07. The van der Waals surface area contributed by atoms with Crippen LogP contribution in [-0.2, 0) is 0 Å². The van der Waals surface area contributed by atoms with Gasteiger partial charge in [-0.25, -0.2) is 0 Å². The Morgan fingerprint density at radius 2 is 2.05 bits per heavy atom. The number of rotatable bonds is 5. The molecule has 0 radical (unpaired) electrons. The average Bonchev–Trinajstić information content (AvgIpc) is 3.30. The molecule has 0 saturated heterocycles. The van der Waals surface area contributed by atoms with Crippen molar-refractivity contribution in [2.24, 2.45) is 5.92 Å². The summed E-state index contributed by atoms with van der Waals surface area (Å²) in [5.74, 6) is 0.855. The molecule has 1 amide bonds. The minimum Gasteiger partial charge on any atom is -0.338 e. The quantitative estimate of drug-likeness (QED) is 0.831. The monoisotopic (exact) mass is 296 g/mol. The Labute approximate surface area is 132 Å². The molecule has 0 bridgehead atoms. The van der Waals surface area contributed by atoms with E-state index in [4.69, 9.17) is 0 Å². The molecule has 116 valence electrons. The molecule has 1 aromatic carbocycles. The van der Waals surface area contributed by atoms with Crippen LogP contribution in [0.15, 0.2) is 24.3 Å². The van der Waals surface area contributed by atoms with Crippen molar-refractivity contribution in [3.05, 3.63) is 41.1 Å². The fourth-order valence-electron chi connectivity index (χ4n) is 2.94. The molecule has 0 aliphatic heterocycles. The Balaban J connectivity index is 1.95. The maximum absolute atomic E-state index is 12.9. The number of hydrogen-bond acceptors (Lipinski definition) is 2. The van der Waals surface area contributed by atoms with Gasteiger partial charge in [-0.1, -0.05) is 18.6 Å². The Morgan fingerprint density at radius 3 is 2.73 bits per heavy atom. The molecule has 2 aromatic rings. The number of aryl methyl sites for hydroxylation is 2. The number of amides is 1. The fraction of sp³-hybridized carbons (Fsp3) is 0.474. The predicted molar refractivity (Wildman–Crippen MR) is 90.1 cm³/mol. The number of hydrogen-bond donors (Lipinski definition) is 0. The molecule has 3 heteroatoms. The van der Waals surface area contributed by atoms with Crippen molar-refractivity contribution in [2.75, 3.05) is 13.1 Å². The highest BCUT2D eigenvalue weighted by molar-refractivity contribution is 5.98. The Hall–Kier alpha value is -1.90. The number of benzene rings is 1. The van der Waals surface area contributed by atoms with Crippen LogP contribution in [0.3, 0.4) is 0 Å². The third-order valence-electron chi connectivity index (χ3n) is 4.35. The predicted octanol–water partition coefficient (Wildman–Crippen LogP) is 4.11. The summed E-state index contributed by atoms with van der Waals surface area (Å²) in [5, 5.41) is 1.05. The van der Waals surface area contributed by atoms with Gasteiger partial charge in [0.1, 0.15) is 0 Å². The van der Waals surface area contributed by atoms with Gasteiger partial charge in [-0.15, -0.1) is 0 Å².